The molecule has 4 rings (SSSR count). The van der Waals surface area contributed by atoms with E-state index in [1.54, 1.807) is 7.11 Å². The summed E-state index contributed by atoms with van der Waals surface area (Å²) in [4.78, 5) is 6.87. The number of ether oxygens (including phenoxy) is 2. The first-order valence-electron chi connectivity index (χ1n) is 8.30. The van der Waals surface area contributed by atoms with Gasteiger partial charge in [0.15, 0.2) is 5.82 Å². The van der Waals surface area contributed by atoms with E-state index in [-0.39, 0.29) is 12.1 Å². The predicted molar refractivity (Wildman–Crippen MR) is 83.4 cm³/mol. The zero-order valence-electron chi connectivity index (χ0n) is 13.9. The Morgan fingerprint density at radius 3 is 2.88 bits per heavy atom. The van der Waals surface area contributed by atoms with Crippen molar-refractivity contribution in [2.75, 3.05) is 20.3 Å². The summed E-state index contributed by atoms with van der Waals surface area (Å²) >= 11 is 0. The van der Waals surface area contributed by atoms with Crippen LogP contribution in [0.4, 0.5) is 0 Å². The minimum atomic E-state index is -0.0670. The third kappa shape index (κ3) is 3.11. The molecule has 0 spiro atoms. The lowest BCUT2D eigenvalue weighted by Crippen LogP contribution is -2.44. The highest BCUT2D eigenvalue weighted by Gasteiger charge is 2.37. The number of hydrogen-bond acceptors (Lipinski definition) is 8. The smallest absolute Gasteiger partial charge is 0.246 e. The Morgan fingerprint density at radius 1 is 1.29 bits per heavy atom. The molecule has 1 aliphatic carbocycles. The molecule has 0 amide bonds. The van der Waals surface area contributed by atoms with Gasteiger partial charge in [0.2, 0.25) is 11.8 Å². The van der Waals surface area contributed by atoms with E-state index in [1.165, 1.54) is 0 Å². The lowest BCUT2D eigenvalue weighted by molar-refractivity contribution is -0.0767. The summed E-state index contributed by atoms with van der Waals surface area (Å²) in [6.45, 7) is 4.14. The predicted octanol–water partition coefficient (Wildman–Crippen LogP) is 1.71. The lowest BCUT2D eigenvalue weighted by Gasteiger charge is -2.37. The molecule has 2 aromatic rings. The minimum absolute atomic E-state index is 0.0162. The summed E-state index contributed by atoms with van der Waals surface area (Å²) in [6, 6.07) is 3.67. The highest BCUT2D eigenvalue weighted by Crippen LogP contribution is 2.39. The van der Waals surface area contributed by atoms with E-state index >= 15 is 0 Å². The summed E-state index contributed by atoms with van der Waals surface area (Å²) in [5.74, 6) is 2.44. The van der Waals surface area contributed by atoms with Crippen LogP contribution in [0.25, 0.3) is 0 Å². The number of morpholine rings is 1. The molecule has 8 nitrogen and oxygen atoms in total. The van der Waals surface area contributed by atoms with Crippen molar-refractivity contribution in [2.45, 2.75) is 44.4 Å². The van der Waals surface area contributed by atoms with Gasteiger partial charge in [-0.25, -0.2) is 0 Å². The molecule has 1 aliphatic heterocycles. The van der Waals surface area contributed by atoms with Crippen LogP contribution >= 0.6 is 0 Å². The molecule has 1 saturated heterocycles. The van der Waals surface area contributed by atoms with Crippen LogP contribution in [0.3, 0.4) is 0 Å². The molecule has 2 fully saturated rings. The summed E-state index contributed by atoms with van der Waals surface area (Å²) in [5, 5.41) is 12.4. The molecule has 0 unspecified atom stereocenters. The molecule has 2 aliphatic rings. The average molecular weight is 331 g/mol. The number of hydrogen-bond donors (Lipinski definition) is 0. The molecular formula is C16H21N5O3. The van der Waals surface area contributed by atoms with Gasteiger partial charge in [-0.05, 0) is 25.8 Å². The van der Waals surface area contributed by atoms with Crippen LogP contribution in [0, 0.1) is 0 Å². The Kier molecular flexibility index (Phi) is 4.15. The van der Waals surface area contributed by atoms with Crippen LogP contribution < -0.4 is 4.74 Å². The first-order chi connectivity index (χ1) is 11.7. The van der Waals surface area contributed by atoms with E-state index in [0.29, 0.717) is 30.8 Å². The quantitative estimate of drug-likeness (QED) is 0.818. The molecule has 2 atom stereocenters. The normalized spacial score (nSPS) is 24.9. The first kappa shape index (κ1) is 15.5. The summed E-state index contributed by atoms with van der Waals surface area (Å²) in [7, 11) is 1.58. The molecule has 128 valence electrons. The maximum Gasteiger partial charge on any atom is 0.246 e. The van der Waals surface area contributed by atoms with E-state index in [1.807, 2.05) is 19.1 Å². The van der Waals surface area contributed by atoms with Gasteiger partial charge in [0, 0.05) is 25.1 Å². The molecule has 24 heavy (non-hydrogen) atoms. The van der Waals surface area contributed by atoms with Gasteiger partial charge in [-0.2, -0.15) is 10.1 Å². The van der Waals surface area contributed by atoms with Gasteiger partial charge in [-0.15, -0.1) is 5.10 Å². The van der Waals surface area contributed by atoms with Crippen molar-refractivity contribution < 1.29 is 14.0 Å². The summed E-state index contributed by atoms with van der Waals surface area (Å²) in [5.41, 5.74) is 0.872. The Hall–Kier alpha value is -2.06. The van der Waals surface area contributed by atoms with Gasteiger partial charge in [0.05, 0.1) is 25.5 Å². The largest absolute Gasteiger partial charge is 0.480 e. The van der Waals surface area contributed by atoms with Crippen LogP contribution in [0.15, 0.2) is 16.7 Å². The third-order valence-corrected chi connectivity index (χ3v) is 4.52. The maximum atomic E-state index is 5.81. The highest BCUT2D eigenvalue weighted by atomic mass is 16.5. The molecule has 0 aromatic carbocycles. The van der Waals surface area contributed by atoms with Crippen molar-refractivity contribution in [1.82, 2.24) is 25.2 Å². The molecule has 2 aromatic heterocycles. The fourth-order valence-corrected chi connectivity index (χ4v) is 3.04. The molecule has 0 N–H and O–H groups in total. The SMILES string of the molecule is COc1ccc(CN2CCO[C@H](C)[C@H]2c2nc(C3CC3)no2)nn1. The Labute approximate surface area is 140 Å². The Bertz CT molecular complexity index is 685. The van der Waals surface area contributed by atoms with Crippen LogP contribution in [-0.2, 0) is 11.3 Å². The van der Waals surface area contributed by atoms with Crippen LogP contribution in [-0.4, -0.2) is 51.6 Å². The van der Waals surface area contributed by atoms with Crippen molar-refractivity contribution in [3.8, 4) is 5.88 Å². The Morgan fingerprint density at radius 2 is 2.17 bits per heavy atom. The van der Waals surface area contributed by atoms with Gasteiger partial charge in [-0.1, -0.05) is 5.16 Å². The van der Waals surface area contributed by atoms with Gasteiger partial charge >= 0.3 is 0 Å². The van der Waals surface area contributed by atoms with Crippen molar-refractivity contribution in [3.63, 3.8) is 0 Å². The molecule has 0 bridgehead atoms. The van der Waals surface area contributed by atoms with Crippen molar-refractivity contribution in [3.05, 3.63) is 29.5 Å². The average Bonchev–Trinajstić information content (AvgIpc) is 3.34. The zero-order valence-corrected chi connectivity index (χ0v) is 13.9. The van der Waals surface area contributed by atoms with Crippen LogP contribution in [0.5, 0.6) is 5.88 Å². The van der Waals surface area contributed by atoms with Crippen molar-refractivity contribution in [2.24, 2.45) is 0 Å². The number of methoxy groups -OCH3 is 1. The number of rotatable bonds is 5. The first-order valence-corrected chi connectivity index (χ1v) is 8.30. The standard InChI is InChI=1S/C16H21N5O3/c1-10-14(16-17-15(20-24-16)11-3-4-11)21(7-8-23-10)9-12-5-6-13(22-2)19-18-12/h5-6,10-11,14H,3-4,7-9H2,1-2H3/t10-,14+/m1/s1. The molecule has 0 radical (unpaired) electrons. The number of nitrogens with zero attached hydrogens (tertiary/aromatic N) is 5. The summed E-state index contributed by atoms with van der Waals surface area (Å²) in [6.07, 6.45) is 2.29. The fourth-order valence-electron chi connectivity index (χ4n) is 3.04. The number of aromatic nitrogens is 4. The van der Waals surface area contributed by atoms with Crippen LogP contribution in [0.1, 0.15) is 49.1 Å². The van der Waals surface area contributed by atoms with Crippen LogP contribution in [0.2, 0.25) is 0 Å². The van der Waals surface area contributed by atoms with Crippen molar-refractivity contribution in [1.29, 1.82) is 0 Å². The van der Waals surface area contributed by atoms with E-state index < -0.39 is 0 Å². The highest BCUT2D eigenvalue weighted by molar-refractivity contribution is 5.12. The van der Waals surface area contributed by atoms with Gasteiger partial charge in [-0.3, -0.25) is 4.90 Å². The lowest BCUT2D eigenvalue weighted by atomic mass is 10.1. The minimum Gasteiger partial charge on any atom is -0.480 e. The van der Waals surface area contributed by atoms with E-state index in [9.17, 15) is 0 Å². The van der Waals surface area contributed by atoms with Gasteiger partial charge in [0.1, 0.15) is 6.04 Å². The zero-order chi connectivity index (χ0) is 16.5. The molecule has 3 heterocycles. The Balaban J connectivity index is 1.53. The van der Waals surface area contributed by atoms with E-state index in [2.05, 4.69) is 25.2 Å². The molecule has 8 heteroatoms. The van der Waals surface area contributed by atoms with Gasteiger partial charge in [0.25, 0.3) is 0 Å². The molecule has 1 saturated carbocycles. The van der Waals surface area contributed by atoms with E-state index in [0.717, 1.165) is 30.9 Å². The van der Waals surface area contributed by atoms with Gasteiger partial charge < -0.3 is 14.0 Å². The summed E-state index contributed by atoms with van der Waals surface area (Å²) < 4.78 is 16.4. The molecular weight excluding hydrogens is 310 g/mol. The third-order valence-electron chi connectivity index (χ3n) is 4.52. The second kappa shape index (κ2) is 6.45. The second-order valence-corrected chi connectivity index (χ2v) is 6.32. The maximum absolute atomic E-state index is 5.81. The fraction of sp³-hybridized carbons (Fsp3) is 0.625. The van der Waals surface area contributed by atoms with Crippen molar-refractivity contribution >= 4 is 0 Å². The monoisotopic (exact) mass is 331 g/mol. The second-order valence-electron chi connectivity index (χ2n) is 6.32. The van der Waals surface area contributed by atoms with E-state index in [4.69, 9.17) is 14.0 Å². The topological polar surface area (TPSA) is 86.4 Å².